The molecule has 0 radical (unpaired) electrons. The van der Waals surface area contributed by atoms with Gasteiger partial charge in [-0.15, -0.1) is 11.6 Å². The second-order valence-electron chi connectivity index (χ2n) is 3.85. The Hall–Kier alpha value is -1.67. The Morgan fingerprint density at radius 2 is 1.39 bits per heavy atom. The Balaban J connectivity index is 2.49. The lowest BCUT2D eigenvalue weighted by Crippen LogP contribution is -2.00. The molecule has 0 aliphatic heterocycles. The van der Waals surface area contributed by atoms with Crippen LogP contribution in [0.25, 0.3) is 0 Å². The molecule has 2 rings (SSSR count). The van der Waals surface area contributed by atoms with Crippen LogP contribution in [-0.4, -0.2) is 14.2 Å². The third-order valence-electron chi connectivity index (χ3n) is 2.81. The van der Waals surface area contributed by atoms with Gasteiger partial charge in [-0.1, -0.05) is 36.4 Å². The van der Waals surface area contributed by atoms with Crippen molar-refractivity contribution < 1.29 is 9.47 Å². The minimum Gasteiger partial charge on any atom is -0.496 e. The van der Waals surface area contributed by atoms with Crippen molar-refractivity contribution in [3.05, 3.63) is 59.7 Å². The number of hydrogen-bond acceptors (Lipinski definition) is 2. The van der Waals surface area contributed by atoms with E-state index in [0.29, 0.717) is 0 Å². The fourth-order valence-electron chi connectivity index (χ4n) is 1.92. The topological polar surface area (TPSA) is 18.5 Å². The molecule has 0 heterocycles. The van der Waals surface area contributed by atoms with Gasteiger partial charge in [-0.2, -0.15) is 0 Å². The summed E-state index contributed by atoms with van der Waals surface area (Å²) in [6.45, 7) is 0. The standard InChI is InChI=1S/C15H15ClO2/c1-17-12-9-6-10-13(18-2)14(12)15(16)11-7-4-3-5-8-11/h3-10,15H,1-2H3. The molecule has 0 fully saturated rings. The van der Waals surface area contributed by atoms with Crippen molar-refractivity contribution in [1.82, 2.24) is 0 Å². The number of rotatable bonds is 4. The number of benzene rings is 2. The Kier molecular flexibility index (Phi) is 4.11. The summed E-state index contributed by atoms with van der Waals surface area (Å²) in [4.78, 5) is 0. The maximum Gasteiger partial charge on any atom is 0.127 e. The van der Waals surface area contributed by atoms with Gasteiger partial charge in [0, 0.05) is 0 Å². The summed E-state index contributed by atoms with van der Waals surface area (Å²) in [6, 6.07) is 15.5. The fraction of sp³-hybridized carbons (Fsp3) is 0.200. The number of hydrogen-bond donors (Lipinski definition) is 0. The van der Waals surface area contributed by atoms with E-state index in [2.05, 4.69) is 0 Å². The van der Waals surface area contributed by atoms with Gasteiger partial charge in [0.05, 0.1) is 25.2 Å². The van der Waals surface area contributed by atoms with Gasteiger partial charge in [0.25, 0.3) is 0 Å². The molecule has 94 valence electrons. The summed E-state index contributed by atoms with van der Waals surface area (Å²) in [6.07, 6.45) is 0. The van der Waals surface area contributed by atoms with Crippen molar-refractivity contribution in [2.24, 2.45) is 0 Å². The molecule has 3 heteroatoms. The number of halogens is 1. The van der Waals surface area contributed by atoms with Crippen LogP contribution in [-0.2, 0) is 0 Å². The van der Waals surface area contributed by atoms with E-state index < -0.39 is 0 Å². The molecule has 0 aliphatic carbocycles. The molecule has 2 aromatic carbocycles. The Bertz CT molecular complexity index is 489. The van der Waals surface area contributed by atoms with Crippen LogP contribution in [0.4, 0.5) is 0 Å². The maximum absolute atomic E-state index is 6.54. The van der Waals surface area contributed by atoms with Crippen LogP contribution in [0.3, 0.4) is 0 Å². The van der Waals surface area contributed by atoms with Crippen LogP contribution >= 0.6 is 11.6 Å². The number of ether oxygens (including phenoxy) is 2. The highest BCUT2D eigenvalue weighted by Gasteiger charge is 2.20. The first-order valence-electron chi connectivity index (χ1n) is 5.68. The van der Waals surface area contributed by atoms with Crippen molar-refractivity contribution in [2.45, 2.75) is 5.38 Å². The highest BCUT2D eigenvalue weighted by molar-refractivity contribution is 6.23. The first kappa shape index (κ1) is 12.8. The molecule has 2 nitrogen and oxygen atoms in total. The zero-order valence-corrected chi connectivity index (χ0v) is 11.1. The van der Waals surface area contributed by atoms with Crippen LogP contribution in [0, 0.1) is 0 Å². The van der Waals surface area contributed by atoms with Gasteiger partial charge in [0.1, 0.15) is 11.5 Å². The van der Waals surface area contributed by atoms with Crippen molar-refractivity contribution in [3.8, 4) is 11.5 Å². The second kappa shape index (κ2) is 5.78. The summed E-state index contributed by atoms with van der Waals surface area (Å²) in [5.41, 5.74) is 1.87. The third kappa shape index (κ3) is 2.44. The van der Waals surface area contributed by atoms with E-state index in [1.165, 1.54) is 0 Å². The molecule has 1 atom stereocenters. The molecule has 0 saturated heterocycles. The molecule has 0 aromatic heterocycles. The van der Waals surface area contributed by atoms with Gasteiger partial charge in [-0.25, -0.2) is 0 Å². The highest BCUT2D eigenvalue weighted by Crippen LogP contribution is 2.40. The summed E-state index contributed by atoms with van der Waals surface area (Å²) >= 11 is 6.54. The van der Waals surface area contributed by atoms with Gasteiger partial charge in [0.15, 0.2) is 0 Å². The van der Waals surface area contributed by atoms with Crippen LogP contribution in [0.2, 0.25) is 0 Å². The zero-order valence-electron chi connectivity index (χ0n) is 10.4. The third-order valence-corrected chi connectivity index (χ3v) is 3.28. The smallest absolute Gasteiger partial charge is 0.127 e. The highest BCUT2D eigenvalue weighted by atomic mass is 35.5. The minimum atomic E-state index is -0.294. The lowest BCUT2D eigenvalue weighted by Gasteiger charge is -2.17. The van der Waals surface area contributed by atoms with E-state index in [-0.39, 0.29) is 5.38 Å². The van der Waals surface area contributed by atoms with Crippen molar-refractivity contribution in [1.29, 1.82) is 0 Å². The largest absolute Gasteiger partial charge is 0.496 e. The van der Waals surface area contributed by atoms with Crippen molar-refractivity contribution >= 4 is 11.6 Å². The van der Waals surface area contributed by atoms with Gasteiger partial charge in [-0.3, -0.25) is 0 Å². The van der Waals surface area contributed by atoms with E-state index in [4.69, 9.17) is 21.1 Å². The van der Waals surface area contributed by atoms with Gasteiger partial charge in [0.2, 0.25) is 0 Å². The summed E-state index contributed by atoms with van der Waals surface area (Å²) in [7, 11) is 3.26. The molecule has 18 heavy (non-hydrogen) atoms. The van der Waals surface area contributed by atoms with Crippen LogP contribution < -0.4 is 9.47 Å². The van der Waals surface area contributed by atoms with Gasteiger partial charge < -0.3 is 9.47 Å². The average molecular weight is 263 g/mol. The van der Waals surface area contributed by atoms with Gasteiger partial charge >= 0.3 is 0 Å². The zero-order chi connectivity index (χ0) is 13.0. The number of methoxy groups -OCH3 is 2. The van der Waals surface area contributed by atoms with Crippen molar-refractivity contribution in [2.75, 3.05) is 14.2 Å². The molecule has 0 bridgehead atoms. The Labute approximate surface area is 112 Å². The second-order valence-corrected chi connectivity index (χ2v) is 4.29. The first-order valence-corrected chi connectivity index (χ1v) is 6.11. The van der Waals surface area contributed by atoms with E-state index in [9.17, 15) is 0 Å². The molecular weight excluding hydrogens is 248 g/mol. The maximum atomic E-state index is 6.54. The predicted octanol–water partition coefficient (Wildman–Crippen LogP) is 4.03. The van der Waals surface area contributed by atoms with Crippen LogP contribution in [0.1, 0.15) is 16.5 Å². The summed E-state index contributed by atoms with van der Waals surface area (Å²) in [5, 5.41) is -0.294. The molecule has 0 saturated carbocycles. The Morgan fingerprint density at radius 1 is 0.833 bits per heavy atom. The summed E-state index contributed by atoms with van der Waals surface area (Å²) < 4.78 is 10.7. The SMILES string of the molecule is COc1cccc(OC)c1C(Cl)c1ccccc1. The fourth-order valence-corrected chi connectivity index (χ4v) is 2.28. The normalized spacial score (nSPS) is 11.9. The molecule has 0 spiro atoms. The van der Waals surface area contributed by atoms with E-state index in [0.717, 1.165) is 22.6 Å². The molecular formula is C15H15ClO2. The minimum absolute atomic E-state index is 0.294. The molecule has 0 aliphatic rings. The van der Waals surface area contributed by atoms with Crippen LogP contribution in [0.5, 0.6) is 11.5 Å². The van der Waals surface area contributed by atoms with Crippen LogP contribution in [0.15, 0.2) is 48.5 Å². The molecule has 0 N–H and O–H groups in total. The summed E-state index contributed by atoms with van der Waals surface area (Å²) in [5.74, 6) is 1.47. The quantitative estimate of drug-likeness (QED) is 0.775. The van der Waals surface area contributed by atoms with E-state index >= 15 is 0 Å². The molecule has 1 unspecified atom stereocenters. The lowest BCUT2D eigenvalue weighted by molar-refractivity contribution is 0.386. The monoisotopic (exact) mass is 262 g/mol. The number of alkyl halides is 1. The van der Waals surface area contributed by atoms with E-state index in [1.807, 2.05) is 48.5 Å². The first-order chi connectivity index (χ1) is 8.77. The van der Waals surface area contributed by atoms with E-state index in [1.54, 1.807) is 14.2 Å². The van der Waals surface area contributed by atoms with Crippen molar-refractivity contribution in [3.63, 3.8) is 0 Å². The molecule has 0 amide bonds. The van der Waals surface area contributed by atoms with Gasteiger partial charge in [-0.05, 0) is 17.7 Å². The Morgan fingerprint density at radius 3 is 1.89 bits per heavy atom. The lowest BCUT2D eigenvalue weighted by atomic mass is 10.0. The average Bonchev–Trinajstić information content (AvgIpc) is 2.46. The molecule has 2 aromatic rings. The predicted molar refractivity (Wildman–Crippen MR) is 73.7 cm³/mol.